The van der Waals surface area contributed by atoms with E-state index in [9.17, 15) is 0 Å². The minimum atomic E-state index is 0.957. The zero-order chi connectivity index (χ0) is 7.82. The van der Waals surface area contributed by atoms with Crippen LogP contribution in [0.15, 0.2) is 16.8 Å². The molecule has 0 aromatic heterocycles. The van der Waals surface area contributed by atoms with Gasteiger partial charge in [-0.2, -0.15) is 0 Å². The number of hydrogen-bond acceptors (Lipinski definition) is 1. The summed E-state index contributed by atoms with van der Waals surface area (Å²) in [6.45, 7) is 5.80. The van der Waals surface area contributed by atoms with Gasteiger partial charge in [0, 0.05) is 18.0 Å². The first-order valence-electron chi connectivity index (χ1n) is 3.44. The Morgan fingerprint density at radius 1 is 1.60 bits per heavy atom. The van der Waals surface area contributed by atoms with Crippen molar-refractivity contribution >= 4 is 6.21 Å². The van der Waals surface area contributed by atoms with Crippen LogP contribution in [0.1, 0.15) is 27.2 Å². The molecule has 0 saturated carbocycles. The second-order valence-electron chi connectivity index (χ2n) is 1.79. The van der Waals surface area contributed by atoms with Crippen molar-refractivity contribution in [2.45, 2.75) is 27.2 Å². The van der Waals surface area contributed by atoms with Gasteiger partial charge < -0.3 is 0 Å². The Labute approximate surface area is 62.9 Å². The molecule has 10 heavy (non-hydrogen) atoms. The van der Waals surface area contributed by atoms with E-state index in [-0.39, 0.29) is 0 Å². The predicted molar refractivity (Wildman–Crippen MR) is 46.0 cm³/mol. The van der Waals surface area contributed by atoms with Gasteiger partial charge in [0.05, 0.1) is 0 Å². The fourth-order valence-electron chi connectivity index (χ4n) is 0.537. The molecule has 0 atom stereocenters. The van der Waals surface area contributed by atoms with Crippen molar-refractivity contribution in [2.24, 2.45) is 4.99 Å². The highest BCUT2D eigenvalue weighted by atomic mass is 14.7. The molecule has 0 aromatic rings. The molecule has 0 radical (unpaired) electrons. The standard InChI is InChI=1S/C9H13N/c1-4-7-9(5-2)8-10-6-3/h6,8H,5H2,1-3H3/b9-8+,10-6?. The van der Waals surface area contributed by atoms with Gasteiger partial charge in [-0.1, -0.05) is 12.8 Å². The predicted octanol–water partition coefficient (Wildman–Crippen LogP) is 2.39. The number of rotatable bonds is 2. The molecule has 0 heterocycles. The molecule has 0 amide bonds. The van der Waals surface area contributed by atoms with Gasteiger partial charge in [-0.05, 0) is 20.3 Å². The van der Waals surface area contributed by atoms with Crippen LogP contribution >= 0.6 is 0 Å². The van der Waals surface area contributed by atoms with Crippen molar-refractivity contribution in [1.82, 2.24) is 0 Å². The Morgan fingerprint density at radius 3 is 2.70 bits per heavy atom. The Hall–Kier alpha value is -1.03. The maximum absolute atomic E-state index is 3.97. The lowest BCUT2D eigenvalue weighted by atomic mass is 10.2. The summed E-state index contributed by atoms with van der Waals surface area (Å²) < 4.78 is 0. The molecule has 0 unspecified atom stereocenters. The highest BCUT2D eigenvalue weighted by molar-refractivity contribution is 5.54. The first-order chi connectivity index (χ1) is 4.85. The summed E-state index contributed by atoms with van der Waals surface area (Å²) in [5.74, 6) is 5.80. The number of allylic oxidation sites excluding steroid dienone is 1. The smallest absolute Gasteiger partial charge is 0.0379 e. The van der Waals surface area contributed by atoms with Gasteiger partial charge >= 0.3 is 0 Å². The number of hydrogen-bond donors (Lipinski definition) is 0. The second-order valence-corrected chi connectivity index (χ2v) is 1.79. The van der Waals surface area contributed by atoms with Gasteiger partial charge in [0.2, 0.25) is 0 Å². The third kappa shape index (κ3) is 3.91. The SMILES string of the molecule is CC#C/C(=C/N=CC)CC. The normalized spacial score (nSPS) is 11.3. The quantitative estimate of drug-likeness (QED) is 0.407. The highest BCUT2D eigenvalue weighted by Crippen LogP contribution is 1.97. The lowest BCUT2D eigenvalue weighted by Crippen LogP contribution is -1.72. The minimum absolute atomic E-state index is 0.957. The molecule has 0 N–H and O–H groups in total. The average molecular weight is 135 g/mol. The summed E-state index contributed by atoms with van der Waals surface area (Å²) in [6, 6.07) is 0. The molecule has 0 aliphatic rings. The first-order valence-corrected chi connectivity index (χ1v) is 3.44. The lowest BCUT2D eigenvalue weighted by molar-refractivity contribution is 1.15. The summed E-state index contributed by atoms with van der Waals surface area (Å²) in [7, 11) is 0. The van der Waals surface area contributed by atoms with E-state index in [1.54, 1.807) is 12.4 Å². The third-order valence-corrected chi connectivity index (χ3v) is 1.05. The topological polar surface area (TPSA) is 12.4 Å². The molecule has 1 heteroatoms. The Balaban J connectivity index is 4.13. The monoisotopic (exact) mass is 135 g/mol. The summed E-state index contributed by atoms with van der Waals surface area (Å²) in [6.07, 6.45) is 4.52. The van der Waals surface area contributed by atoms with Gasteiger partial charge in [0.15, 0.2) is 0 Å². The van der Waals surface area contributed by atoms with Gasteiger partial charge in [-0.25, -0.2) is 0 Å². The molecular weight excluding hydrogens is 122 g/mol. The van der Waals surface area contributed by atoms with Gasteiger partial charge in [-0.3, -0.25) is 4.99 Å². The number of aliphatic imine (C=N–C) groups is 1. The van der Waals surface area contributed by atoms with E-state index in [1.165, 1.54) is 0 Å². The van der Waals surface area contributed by atoms with Crippen molar-refractivity contribution < 1.29 is 0 Å². The summed E-state index contributed by atoms with van der Waals surface area (Å²) >= 11 is 0. The summed E-state index contributed by atoms with van der Waals surface area (Å²) in [4.78, 5) is 3.97. The van der Waals surface area contributed by atoms with Crippen LogP contribution in [0.2, 0.25) is 0 Å². The van der Waals surface area contributed by atoms with E-state index in [1.807, 2.05) is 13.8 Å². The van der Waals surface area contributed by atoms with Crippen LogP contribution < -0.4 is 0 Å². The van der Waals surface area contributed by atoms with Crippen molar-refractivity contribution in [3.63, 3.8) is 0 Å². The maximum atomic E-state index is 3.97. The second kappa shape index (κ2) is 6.10. The van der Waals surface area contributed by atoms with E-state index in [0.717, 1.165) is 12.0 Å². The van der Waals surface area contributed by atoms with Crippen molar-refractivity contribution in [2.75, 3.05) is 0 Å². The molecular formula is C9H13N. The van der Waals surface area contributed by atoms with Gasteiger partial charge in [0.1, 0.15) is 0 Å². The minimum Gasteiger partial charge on any atom is -0.268 e. The van der Waals surface area contributed by atoms with Crippen LogP contribution in [-0.4, -0.2) is 6.21 Å². The van der Waals surface area contributed by atoms with Gasteiger partial charge in [0.25, 0.3) is 0 Å². The van der Waals surface area contributed by atoms with Crippen LogP contribution in [0.4, 0.5) is 0 Å². The fourth-order valence-corrected chi connectivity index (χ4v) is 0.537. The van der Waals surface area contributed by atoms with Crippen molar-refractivity contribution in [3.8, 4) is 11.8 Å². The Morgan fingerprint density at radius 2 is 2.30 bits per heavy atom. The average Bonchev–Trinajstić information content (AvgIpc) is 1.98. The van der Waals surface area contributed by atoms with Crippen LogP contribution in [0.3, 0.4) is 0 Å². The first kappa shape index (κ1) is 8.97. The highest BCUT2D eigenvalue weighted by Gasteiger charge is 1.82. The van der Waals surface area contributed by atoms with E-state index in [0.29, 0.717) is 0 Å². The van der Waals surface area contributed by atoms with Crippen LogP contribution in [0.5, 0.6) is 0 Å². The molecule has 54 valence electrons. The molecule has 0 rings (SSSR count). The summed E-state index contributed by atoms with van der Waals surface area (Å²) in [5, 5.41) is 0. The Bertz CT molecular complexity index is 189. The van der Waals surface area contributed by atoms with Crippen molar-refractivity contribution in [3.05, 3.63) is 11.8 Å². The van der Waals surface area contributed by atoms with Gasteiger partial charge in [-0.15, -0.1) is 5.92 Å². The van der Waals surface area contributed by atoms with Crippen LogP contribution in [0.25, 0.3) is 0 Å². The van der Waals surface area contributed by atoms with E-state index in [4.69, 9.17) is 0 Å². The van der Waals surface area contributed by atoms with E-state index in [2.05, 4.69) is 23.8 Å². The molecule has 0 fully saturated rings. The molecule has 0 aromatic carbocycles. The third-order valence-electron chi connectivity index (χ3n) is 1.05. The maximum Gasteiger partial charge on any atom is 0.0379 e. The van der Waals surface area contributed by atoms with Crippen LogP contribution in [-0.2, 0) is 0 Å². The Kier molecular flexibility index (Phi) is 5.47. The molecule has 1 nitrogen and oxygen atoms in total. The lowest BCUT2D eigenvalue weighted by Gasteiger charge is -1.87. The fraction of sp³-hybridized carbons (Fsp3) is 0.444. The molecule has 0 aliphatic carbocycles. The van der Waals surface area contributed by atoms with E-state index >= 15 is 0 Å². The molecule has 0 saturated heterocycles. The van der Waals surface area contributed by atoms with Crippen molar-refractivity contribution in [1.29, 1.82) is 0 Å². The number of nitrogens with zero attached hydrogens (tertiary/aromatic N) is 1. The zero-order valence-electron chi connectivity index (χ0n) is 6.81. The largest absolute Gasteiger partial charge is 0.268 e. The summed E-state index contributed by atoms with van der Waals surface area (Å²) in [5.41, 5.74) is 1.08. The molecule has 0 spiro atoms. The molecule has 0 bridgehead atoms. The van der Waals surface area contributed by atoms with E-state index < -0.39 is 0 Å². The zero-order valence-corrected chi connectivity index (χ0v) is 6.81. The molecule has 0 aliphatic heterocycles. The van der Waals surface area contributed by atoms with Crippen LogP contribution in [0, 0.1) is 11.8 Å².